The van der Waals surface area contributed by atoms with Crippen molar-refractivity contribution < 1.29 is 9.59 Å². The Hall–Kier alpha value is -0.660. The third-order valence-electron chi connectivity index (χ3n) is 9.85. The summed E-state index contributed by atoms with van der Waals surface area (Å²) in [5.74, 6) is 2.19. The summed E-state index contributed by atoms with van der Waals surface area (Å²) in [4.78, 5) is 26.3. The Balaban J connectivity index is 1.64. The van der Waals surface area contributed by atoms with Crippen LogP contribution in [0.25, 0.3) is 0 Å². The normalized spacial score (nSPS) is 52.6. The zero-order valence-electron chi connectivity index (χ0n) is 15.7. The van der Waals surface area contributed by atoms with Gasteiger partial charge in [-0.15, -0.1) is 0 Å². The first-order valence-electron chi connectivity index (χ1n) is 9.57. The number of ketones is 2. The van der Waals surface area contributed by atoms with Gasteiger partial charge in [-0.2, -0.15) is 0 Å². The molecular weight excluding hydrogens is 284 g/mol. The molecule has 4 bridgehead atoms. The van der Waals surface area contributed by atoms with Gasteiger partial charge in [0.25, 0.3) is 0 Å². The zero-order chi connectivity index (χ0) is 17.0. The van der Waals surface area contributed by atoms with Crippen LogP contribution in [0.4, 0.5) is 0 Å². The largest absolute Gasteiger partial charge is 0.299 e. The zero-order valence-corrected chi connectivity index (χ0v) is 15.7. The molecule has 0 N–H and O–H groups in total. The molecule has 0 aromatic rings. The standard InChI is InChI=1S/C21H32O2/c1-18(2)14-7-9-20(18,5)16(22)12(14)11-13-15-8-10-21(6,17(13)23)19(15,3)4/h12-15H,7-11H2,1-6H3/t12-,13-,14+,15+,20-,21-/m0/s1. The first-order valence-corrected chi connectivity index (χ1v) is 9.57. The molecule has 4 aliphatic carbocycles. The van der Waals surface area contributed by atoms with Gasteiger partial charge in [0.05, 0.1) is 0 Å². The Labute approximate surface area is 140 Å². The van der Waals surface area contributed by atoms with E-state index in [1.165, 1.54) is 12.8 Å². The van der Waals surface area contributed by atoms with Crippen molar-refractivity contribution in [2.75, 3.05) is 0 Å². The molecule has 128 valence electrons. The van der Waals surface area contributed by atoms with Crippen LogP contribution in [-0.2, 0) is 9.59 Å². The van der Waals surface area contributed by atoms with Gasteiger partial charge in [-0.25, -0.2) is 0 Å². The lowest BCUT2D eigenvalue weighted by atomic mass is 9.70. The van der Waals surface area contributed by atoms with Crippen LogP contribution in [0.3, 0.4) is 0 Å². The molecule has 0 aliphatic heterocycles. The van der Waals surface area contributed by atoms with Gasteiger partial charge in [0.1, 0.15) is 11.6 Å². The van der Waals surface area contributed by atoms with E-state index >= 15 is 0 Å². The Morgan fingerprint density at radius 1 is 0.739 bits per heavy atom. The first kappa shape index (κ1) is 15.8. The Morgan fingerprint density at radius 2 is 1.09 bits per heavy atom. The van der Waals surface area contributed by atoms with E-state index in [2.05, 4.69) is 41.5 Å². The van der Waals surface area contributed by atoms with Crippen molar-refractivity contribution in [3.63, 3.8) is 0 Å². The quantitative estimate of drug-likeness (QED) is 0.742. The minimum absolute atomic E-state index is 0.106. The number of carbonyl (C=O) groups is 2. The monoisotopic (exact) mass is 316 g/mol. The van der Waals surface area contributed by atoms with Gasteiger partial charge in [-0.3, -0.25) is 9.59 Å². The first-order chi connectivity index (χ1) is 10.5. The van der Waals surface area contributed by atoms with Gasteiger partial charge < -0.3 is 0 Å². The Morgan fingerprint density at radius 3 is 1.35 bits per heavy atom. The number of fused-ring (bicyclic) bond motifs is 4. The molecular formula is C21H32O2. The third-order valence-corrected chi connectivity index (χ3v) is 9.85. The highest BCUT2D eigenvalue weighted by atomic mass is 16.1. The molecule has 0 spiro atoms. The van der Waals surface area contributed by atoms with Crippen molar-refractivity contribution in [1.29, 1.82) is 0 Å². The van der Waals surface area contributed by atoms with E-state index in [0.717, 1.165) is 19.3 Å². The van der Waals surface area contributed by atoms with Crippen LogP contribution >= 0.6 is 0 Å². The summed E-state index contributed by atoms with van der Waals surface area (Å²) in [7, 11) is 0. The van der Waals surface area contributed by atoms with Gasteiger partial charge in [0.15, 0.2) is 0 Å². The number of carbonyl (C=O) groups excluding carboxylic acids is 2. The summed E-state index contributed by atoms with van der Waals surface area (Å²) in [5.41, 5.74) is -0.0888. The third kappa shape index (κ3) is 1.48. The second-order valence-corrected chi connectivity index (χ2v) is 10.6. The molecule has 4 saturated carbocycles. The van der Waals surface area contributed by atoms with Crippen molar-refractivity contribution in [3.05, 3.63) is 0 Å². The fraction of sp³-hybridized carbons (Fsp3) is 0.905. The molecule has 4 fully saturated rings. The Bertz CT molecular complexity index is 549. The average Bonchev–Trinajstić information content (AvgIpc) is 2.93. The average molecular weight is 316 g/mol. The molecule has 0 amide bonds. The van der Waals surface area contributed by atoms with Gasteiger partial charge in [0.2, 0.25) is 0 Å². The second-order valence-electron chi connectivity index (χ2n) is 10.6. The fourth-order valence-electron chi connectivity index (χ4n) is 7.36. The minimum Gasteiger partial charge on any atom is -0.299 e. The SMILES string of the molecule is CC1(C)[C@@H]2CC[C@@]1(C)C(=O)[C@H]2C[C@@H]1C(=O)[C@]2(C)CC[C@H]1C2(C)C. The molecule has 0 saturated heterocycles. The van der Waals surface area contributed by atoms with E-state index in [-0.39, 0.29) is 33.5 Å². The highest BCUT2D eigenvalue weighted by molar-refractivity contribution is 5.94. The lowest BCUT2D eigenvalue weighted by Crippen LogP contribution is -2.36. The van der Waals surface area contributed by atoms with Crippen LogP contribution in [0, 0.1) is 45.3 Å². The molecule has 0 aromatic carbocycles. The van der Waals surface area contributed by atoms with Crippen molar-refractivity contribution in [2.45, 2.75) is 73.6 Å². The van der Waals surface area contributed by atoms with Crippen molar-refractivity contribution >= 4 is 11.6 Å². The van der Waals surface area contributed by atoms with Gasteiger partial charge in [0, 0.05) is 22.7 Å². The lowest BCUT2D eigenvalue weighted by molar-refractivity contribution is -0.134. The molecule has 0 unspecified atom stereocenters. The maximum absolute atomic E-state index is 13.1. The van der Waals surface area contributed by atoms with Crippen LogP contribution in [-0.4, -0.2) is 11.6 Å². The number of hydrogen-bond acceptors (Lipinski definition) is 2. The maximum atomic E-state index is 13.1. The van der Waals surface area contributed by atoms with Gasteiger partial charge in [-0.1, -0.05) is 41.5 Å². The van der Waals surface area contributed by atoms with E-state index < -0.39 is 0 Å². The number of rotatable bonds is 2. The smallest absolute Gasteiger partial charge is 0.142 e. The van der Waals surface area contributed by atoms with E-state index in [4.69, 9.17) is 0 Å². The fourth-order valence-corrected chi connectivity index (χ4v) is 7.36. The molecule has 2 heteroatoms. The molecule has 0 radical (unpaired) electrons. The summed E-state index contributed by atoms with van der Waals surface area (Å²) in [6, 6.07) is 0. The number of Topliss-reactive ketones (excluding diaryl/α,β-unsaturated/α-hetero) is 2. The lowest BCUT2D eigenvalue weighted by Gasteiger charge is -2.32. The predicted molar refractivity (Wildman–Crippen MR) is 90.8 cm³/mol. The van der Waals surface area contributed by atoms with Crippen molar-refractivity contribution in [1.82, 2.24) is 0 Å². The van der Waals surface area contributed by atoms with Crippen LogP contribution < -0.4 is 0 Å². The molecule has 6 atom stereocenters. The van der Waals surface area contributed by atoms with Gasteiger partial charge in [-0.05, 0) is 54.8 Å². The maximum Gasteiger partial charge on any atom is 0.142 e. The van der Waals surface area contributed by atoms with E-state index in [9.17, 15) is 9.59 Å². The van der Waals surface area contributed by atoms with E-state index in [0.29, 0.717) is 23.4 Å². The number of hydrogen-bond donors (Lipinski definition) is 0. The molecule has 0 heterocycles. The van der Waals surface area contributed by atoms with Crippen molar-refractivity contribution in [2.24, 2.45) is 45.3 Å². The summed E-state index contributed by atoms with van der Waals surface area (Å²) in [5, 5.41) is 0. The molecule has 4 rings (SSSR count). The van der Waals surface area contributed by atoms with Crippen molar-refractivity contribution in [3.8, 4) is 0 Å². The summed E-state index contributed by atoms with van der Waals surface area (Å²) in [6.45, 7) is 13.5. The Kier molecular flexibility index (Phi) is 2.83. The van der Waals surface area contributed by atoms with Crippen LogP contribution in [0.2, 0.25) is 0 Å². The topological polar surface area (TPSA) is 34.1 Å². The minimum atomic E-state index is -0.150. The predicted octanol–water partition coefficient (Wildman–Crippen LogP) is 4.66. The highest BCUT2D eigenvalue weighted by Gasteiger charge is 2.70. The molecule has 0 aromatic heterocycles. The van der Waals surface area contributed by atoms with Crippen LogP contribution in [0.1, 0.15) is 73.6 Å². The van der Waals surface area contributed by atoms with Crippen LogP contribution in [0.15, 0.2) is 0 Å². The molecule has 2 nitrogen and oxygen atoms in total. The summed E-state index contributed by atoms with van der Waals surface area (Å²) < 4.78 is 0. The van der Waals surface area contributed by atoms with Crippen LogP contribution in [0.5, 0.6) is 0 Å². The van der Waals surface area contributed by atoms with Gasteiger partial charge >= 0.3 is 0 Å². The molecule has 4 aliphatic rings. The van der Waals surface area contributed by atoms with E-state index in [1.54, 1.807) is 0 Å². The highest BCUT2D eigenvalue weighted by Crippen LogP contribution is 2.70. The summed E-state index contributed by atoms with van der Waals surface area (Å²) in [6.07, 6.45) is 5.28. The van der Waals surface area contributed by atoms with E-state index in [1.807, 2.05) is 0 Å². The molecule has 23 heavy (non-hydrogen) atoms. The second kappa shape index (κ2) is 4.11. The summed E-state index contributed by atoms with van der Waals surface area (Å²) >= 11 is 0.